The zero-order valence-electron chi connectivity index (χ0n) is 10.3. The third-order valence-electron chi connectivity index (χ3n) is 3.35. The summed E-state index contributed by atoms with van der Waals surface area (Å²) in [6.45, 7) is 9.25. The molecule has 0 amide bonds. The first-order valence-corrected chi connectivity index (χ1v) is 7.02. The highest BCUT2D eigenvalue weighted by atomic mass is 32.1. The molecule has 0 aliphatic carbocycles. The van der Waals surface area contributed by atoms with Crippen molar-refractivity contribution in [1.29, 1.82) is 0 Å². The van der Waals surface area contributed by atoms with Crippen LogP contribution in [0.5, 0.6) is 0 Å². The van der Waals surface area contributed by atoms with Gasteiger partial charge in [-0.1, -0.05) is 19.9 Å². The second kappa shape index (κ2) is 5.30. The van der Waals surface area contributed by atoms with Gasteiger partial charge in [0.15, 0.2) is 0 Å². The molecule has 1 aromatic heterocycles. The third-order valence-corrected chi connectivity index (χ3v) is 4.59. The summed E-state index contributed by atoms with van der Waals surface area (Å²) in [6, 6.07) is 4.38. The van der Waals surface area contributed by atoms with E-state index in [4.69, 9.17) is 0 Å². The molecule has 0 bridgehead atoms. The monoisotopic (exact) mass is 238 g/mol. The number of rotatable bonds is 5. The molecule has 1 aliphatic heterocycles. The highest BCUT2D eigenvalue weighted by Gasteiger charge is 2.22. The first-order valence-electron chi connectivity index (χ1n) is 6.14. The van der Waals surface area contributed by atoms with E-state index in [1.807, 2.05) is 11.3 Å². The lowest BCUT2D eigenvalue weighted by Gasteiger charge is -2.24. The van der Waals surface area contributed by atoms with E-state index in [9.17, 15) is 0 Å². The Hall–Kier alpha value is -0.380. The number of thiophene rings is 1. The van der Waals surface area contributed by atoms with Crippen molar-refractivity contribution in [3.63, 3.8) is 0 Å². The molecule has 0 aromatic carbocycles. The number of hydrogen-bond acceptors (Lipinski definition) is 3. The van der Waals surface area contributed by atoms with Gasteiger partial charge < -0.3 is 10.6 Å². The number of nitrogens with one attached hydrogen (secondary N) is 2. The van der Waals surface area contributed by atoms with Crippen LogP contribution in [0.3, 0.4) is 0 Å². The molecule has 0 saturated carbocycles. The average Bonchev–Trinajstić information content (AvgIpc) is 2.90. The number of hydrogen-bond donors (Lipinski definition) is 2. The lowest BCUT2D eigenvalue weighted by molar-refractivity contribution is 0.436. The molecule has 1 atom stereocenters. The molecule has 2 nitrogen and oxygen atoms in total. The van der Waals surface area contributed by atoms with Crippen LogP contribution in [0.25, 0.3) is 0 Å². The topological polar surface area (TPSA) is 24.1 Å². The van der Waals surface area contributed by atoms with Gasteiger partial charge in [0, 0.05) is 16.8 Å². The second-order valence-corrected chi connectivity index (χ2v) is 6.30. The predicted octanol–water partition coefficient (Wildman–Crippen LogP) is 2.22. The largest absolute Gasteiger partial charge is 0.316 e. The van der Waals surface area contributed by atoms with Crippen molar-refractivity contribution < 1.29 is 0 Å². The van der Waals surface area contributed by atoms with Gasteiger partial charge in [0.05, 0.1) is 0 Å². The van der Waals surface area contributed by atoms with E-state index in [0.29, 0.717) is 0 Å². The summed E-state index contributed by atoms with van der Waals surface area (Å²) in [4.78, 5) is 1.48. The van der Waals surface area contributed by atoms with Crippen LogP contribution in [-0.2, 0) is 5.41 Å². The summed E-state index contributed by atoms with van der Waals surface area (Å²) >= 11 is 1.86. The van der Waals surface area contributed by atoms with Gasteiger partial charge in [-0.05, 0) is 43.4 Å². The molecule has 0 radical (unpaired) electrons. The van der Waals surface area contributed by atoms with Crippen molar-refractivity contribution in [3.8, 4) is 0 Å². The van der Waals surface area contributed by atoms with E-state index in [2.05, 4.69) is 42.0 Å². The van der Waals surface area contributed by atoms with E-state index in [1.165, 1.54) is 24.4 Å². The van der Waals surface area contributed by atoms with Crippen molar-refractivity contribution in [2.45, 2.75) is 25.7 Å². The van der Waals surface area contributed by atoms with Gasteiger partial charge in [-0.2, -0.15) is 0 Å². The van der Waals surface area contributed by atoms with Crippen LogP contribution in [0.2, 0.25) is 0 Å². The Labute approximate surface area is 102 Å². The molecule has 16 heavy (non-hydrogen) atoms. The Bertz CT molecular complexity index is 300. The van der Waals surface area contributed by atoms with E-state index < -0.39 is 0 Å². The van der Waals surface area contributed by atoms with Crippen molar-refractivity contribution in [2.24, 2.45) is 5.92 Å². The molecule has 2 rings (SSSR count). The predicted molar refractivity (Wildman–Crippen MR) is 71.2 cm³/mol. The normalized spacial score (nSPS) is 21.5. The minimum atomic E-state index is 0.264. The van der Waals surface area contributed by atoms with Crippen LogP contribution in [0.1, 0.15) is 25.1 Å². The first-order chi connectivity index (χ1) is 7.68. The summed E-state index contributed by atoms with van der Waals surface area (Å²) in [5.41, 5.74) is 0.264. The molecule has 3 heteroatoms. The lowest BCUT2D eigenvalue weighted by Crippen LogP contribution is -2.35. The van der Waals surface area contributed by atoms with Crippen molar-refractivity contribution >= 4 is 11.3 Å². The standard InChI is InChI=1S/C13H22N2S/c1-13(2,12-4-3-7-16-12)10-15-9-11-5-6-14-8-11/h3-4,7,11,14-15H,5-6,8-10H2,1-2H3. The summed E-state index contributed by atoms with van der Waals surface area (Å²) in [5, 5.41) is 9.20. The van der Waals surface area contributed by atoms with E-state index in [1.54, 1.807) is 0 Å². The average molecular weight is 238 g/mol. The Morgan fingerprint density at radius 3 is 3.06 bits per heavy atom. The molecule has 1 aliphatic rings. The highest BCUT2D eigenvalue weighted by Crippen LogP contribution is 2.26. The maximum atomic E-state index is 3.62. The van der Waals surface area contributed by atoms with Gasteiger partial charge in [0.25, 0.3) is 0 Å². The Balaban J connectivity index is 1.76. The summed E-state index contributed by atoms with van der Waals surface area (Å²) in [5.74, 6) is 0.833. The van der Waals surface area contributed by atoms with Crippen LogP contribution in [0.4, 0.5) is 0 Å². The second-order valence-electron chi connectivity index (χ2n) is 5.35. The lowest BCUT2D eigenvalue weighted by atomic mass is 9.91. The Morgan fingerprint density at radius 2 is 2.44 bits per heavy atom. The van der Waals surface area contributed by atoms with Gasteiger partial charge >= 0.3 is 0 Å². The smallest absolute Gasteiger partial charge is 0.0115 e. The van der Waals surface area contributed by atoms with E-state index in [-0.39, 0.29) is 5.41 Å². The molecular formula is C13H22N2S. The van der Waals surface area contributed by atoms with E-state index in [0.717, 1.165) is 19.0 Å². The molecule has 1 unspecified atom stereocenters. The van der Waals surface area contributed by atoms with Crippen LogP contribution in [0.15, 0.2) is 17.5 Å². The molecule has 90 valence electrons. The zero-order chi connectivity index (χ0) is 11.4. The minimum absolute atomic E-state index is 0.264. The molecule has 2 N–H and O–H groups in total. The highest BCUT2D eigenvalue weighted by molar-refractivity contribution is 7.10. The maximum absolute atomic E-state index is 3.62. The summed E-state index contributed by atoms with van der Waals surface area (Å²) in [6.07, 6.45) is 1.33. The fourth-order valence-electron chi connectivity index (χ4n) is 2.23. The van der Waals surface area contributed by atoms with Gasteiger partial charge in [-0.15, -0.1) is 11.3 Å². The SMILES string of the molecule is CC(C)(CNCC1CCNC1)c1cccs1. The quantitative estimate of drug-likeness (QED) is 0.822. The van der Waals surface area contributed by atoms with Gasteiger partial charge in [-0.25, -0.2) is 0 Å². The van der Waals surface area contributed by atoms with Crippen LogP contribution >= 0.6 is 11.3 Å². The molecular weight excluding hydrogens is 216 g/mol. The minimum Gasteiger partial charge on any atom is -0.316 e. The van der Waals surface area contributed by atoms with Crippen molar-refractivity contribution in [3.05, 3.63) is 22.4 Å². The molecule has 1 aromatic rings. The van der Waals surface area contributed by atoms with Crippen molar-refractivity contribution in [2.75, 3.05) is 26.2 Å². The maximum Gasteiger partial charge on any atom is 0.0115 e. The van der Waals surface area contributed by atoms with E-state index >= 15 is 0 Å². The molecule has 2 heterocycles. The molecule has 0 spiro atoms. The Morgan fingerprint density at radius 1 is 1.56 bits per heavy atom. The van der Waals surface area contributed by atoms with Gasteiger partial charge in [0.1, 0.15) is 0 Å². The Kier molecular flexibility index (Phi) is 4.00. The van der Waals surface area contributed by atoms with Crippen LogP contribution < -0.4 is 10.6 Å². The molecule has 1 saturated heterocycles. The third kappa shape index (κ3) is 3.06. The first kappa shape index (κ1) is 12.1. The van der Waals surface area contributed by atoms with Gasteiger partial charge in [0.2, 0.25) is 0 Å². The fraction of sp³-hybridized carbons (Fsp3) is 0.692. The molecule has 1 fully saturated rings. The van der Waals surface area contributed by atoms with Crippen LogP contribution in [0, 0.1) is 5.92 Å². The van der Waals surface area contributed by atoms with Gasteiger partial charge in [-0.3, -0.25) is 0 Å². The summed E-state index contributed by atoms with van der Waals surface area (Å²) < 4.78 is 0. The van der Waals surface area contributed by atoms with Crippen molar-refractivity contribution in [1.82, 2.24) is 10.6 Å². The summed E-state index contributed by atoms with van der Waals surface area (Å²) in [7, 11) is 0. The van der Waals surface area contributed by atoms with Crippen LogP contribution in [-0.4, -0.2) is 26.2 Å². The zero-order valence-corrected chi connectivity index (χ0v) is 11.1. The fourth-order valence-corrected chi connectivity index (χ4v) is 3.08.